The van der Waals surface area contributed by atoms with Crippen LogP contribution in [0, 0.1) is 6.92 Å². The number of benzene rings is 4. The highest BCUT2D eigenvalue weighted by Gasteiger charge is 2.38. The first-order chi connectivity index (χ1) is 17.1. The molecule has 3 amide bonds. The van der Waals surface area contributed by atoms with Crippen LogP contribution in [0.4, 0.5) is 5.69 Å². The third-order valence-electron chi connectivity index (χ3n) is 6.26. The second kappa shape index (κ2) is 9.39. The standard InChI is InChI=1S/C30H24N2O3/c1-20-10-9-17-23(27(20)32-29(34)25-15-7-8-16-26(25)30(32)35)22-13-5-6-14-24(22)28(33)31-19-18-21-11-3-2-4-12-21/h2-17H,18-19H2,1H3,(H,31,33). The molecule has 1 N–H and O–H groups in total. The summed E-state index contributed by atoms with van der Waals surface area (Å²) in [5, 5.41) is 3.01. The highest BCUT2D eigenvalue weighted by atomic mass is 16.2. The topological polar surface area (TPSA) is 66.5 Å². The van der Waals surface area contributed by atoms with Gasteiger partial charge >= 0.3 is 0 Å². The molecule has 0 aliphatic carbocycles. The van der Waals surface area contributed by atoms with Gasteiger partial charge in [-0.25, -0.2) is 4.90 Å². The average Bonchev–Trinajstić information content (AvgIpc) is 3.14. The Balaban J connectivity index is 1.50. The van der Waals surface area contributed by atoms with Gasteiger partial charge in [0.05, 0.1) is 16.8 Å². The van der Waals surface area contributed by atoms with E-state index in [2.05, 4.69) is 5.32 Å². The van der Waals surface area contributed by atoms with Crippen molar-refractivity contribution >= 4 is 23.4 Å². The molecule has 1 heterocycles. The van der Waals surface area contributed by atoms with Crippen molar-refractivity contribution in [2.24, 2.45) is 0 Å². The van der Waals surface area contributed by atoms with Crippen LogP contribution < -0.4 is 10.2 Å². The van der Waals surface area contributed by atoms with Gasteiger partial charge in [-0.2, -0.15) is 0 Å². The van der Waals surface area contributed by atoms with Crippen molar-refractivity contribution < 1.29 is 14.4 Å². The summed E-state index contributed by atoms with van der Waals surface area (Å²) in [6.45, 7) is 2.36. The average molecular weight is 461 g/mol. The molecule has 4 aromatic carbocycles. The molecule has 0 bridgehead atoms. The van der Waals surface area contributed by atoms with Crippen LogP contribution in [-0.4, -0.2) is 24.3 Å². The van der Waals surface area contributed by atoms with Gasteiger partial charge in [-0.05, 0) is 48.2 Å². The van der Waals surface area contributed by atoms with Crippen molar-refractivity contribution in [3.63, 3.8) is 0 Å². The zero-order valence-electron chi connectivity index (χ0n) is 19.3. The van der Waals surface area contributed by atoms with E-state index in [4.69, 9.17) is 0 Å². The van der Waals surface area contributed by atoms with Crippen LogP contribution in [0.5, 0.6) is 0 Å². The van der Waals surface area contributed by atoms with Crippen molar-refractivity contribution in [2.45, 2.75) is 13.3 Å². The molecule has 0 aromatic heterocycles. The zero-order valence-corrected chi connectivity index (χ0v) is 19.3. The van der Waals surface area contributed by atoms with Crippen LogP contribution in [0.15, 0.2) is 97.1 Å². The molecule has 1 aliphatic heterocycles. The number of rotatable bonds is 6. The molecular weight excluding hydrogens is 436 g/mol. The monoisotopic (exact) mass is 460 g/mol. The molecule has 5 heteroatoms. The fourth-order valence-electron chi connectivity index (χ4n) is 4.54. The Labute approximate surface area is 204 Å². The molecule has 0 saturated heterocycles. The van der Waals surface area contributed by atoms with Crippen molar-refractivity contribution in [3.05, 3.63) is 125 Å². The third kappa shape index (κ3) is 4.13. The molecular formula is C30H24N2O3. The lowest BCUT2D eigenvalue weighted by Crippen LogP contribution is -2.31. The Hall–Kier alpha value is -4.51. The van der Waals surface area contributed by atoms with Crippen molar-refractivity contribution in [3.8, 4) is 11.1 Å². The number of hydrogen-bond acceptors (Lipinski definition) is 3. The summed E-state index contributed by atoms with van der Waals surface area (Å²) in [4.78, 5) is 41.0. The number of fused-ring (bicyclic) bond motifs is 1. The lowest BCUT2D eigenvalue weighted by Gasteiger charge is -2.22. The van der Waals surface area contributed by atoms with E-state index in [1.54, 1.807) is 30.3 Å². The van der Waals surface area contributed by atoms with Crippen LogP contribution in [0.3, 0.4) is 0 Å². The van der Waals surface area contributed by atoms with Gasteiger partial charge in [0.1, 0.15) is 0 Å². The fourth-order valence-corrected chi connectivity index (χ4v) is 4.54. The second-order valence-corrected chi connectivity index (χ2v) is 8.50. The summed E-state index contributed by atoms with van der Waals surface area (Å²) in [7, 11) is 0. The number of hydrogen-bond donors (Lipinski definition) is 1. The second-order valence-electron chi connectivity index (χ2n) is 8.50. The van der Waals surface area contributed by atoms with Gasteiger partial charge in [0.15, 0.2) is 0 Å². The van der Waals surface area contributed by atoms with Crippen LogP contribution in [0.25, 0.3) is 11.1 Å². The number of anilines is 1. The van der Waals surface area contributed by atoms with Crippen molar-refractivity contribution in [2.75, 3.05) is 11.4 Å². The zero-order chi connectivity index (χ0) is 24.4. The number of nitrogens with one attached hydrogen (secondary N) is 1. The molecule has 0 saturated carbocycles. The molecule has 5 nitrogen and oxygen atoms in total. The molecule has 0 atom stereocenters. The summed E-state index contributed by atoms with van der Waals surface area (Å²) in [6.07, 6.45) is 0.722. The van der Waals surface area contributed by atoms with E-state index in [1.807, 2.05) is 73.7 Å². The summed E-state index contributed by atoms with van der Waals surface area (Å²) in [6, 6.07) is 29.7. The molecule has 0 fully saturated rings. The smallest absolute Gasteiger partial charge is 0.266 e. The number of aryl methyl sites for hydroxylation is 1. The van der Waals surface area contributed by atoms with Gasteiger partial charge in [0.2, 0.25) is 0 Å². The first kappa shape index (κ1) is 22.3. The molecule has 4 aromatic rings. The number of carbonyl (C=O) groups excluding carboxylic acids is 3. The van der Waals surface area contributed by atoms with E-state index in [0.29, 0.717) is 40.0 Å². The normalized spacial score (nSPS) is 12.5. The minimum Gasteiger partial charge on any atom is -0.352 e. The Kier molecular flexibility index (Phi) is 5.98. The van der Waals surface area contributed by atoms with Crippen LogP contribution in [0.1, 0.15) is 42.2 Å². The van der Waals surface area contributed by atoms with Gasteiger partial charge in [-0.3, -0.25) is 14.4 Å². The quantitative estimate of drug-likeness (QED) is 0.390. The number of carbonyl (C=O) groups is 3. The van der Waals surface area contributed by atoms with Gasteiger partial charge < -0.3 is 5.32 Å². The summed E-state index contributed by atoms with van der Waals surface area (Å²) < 4.78 is 0. The van der Waals surface area contributed by atoms with Crippen LogP contribution in [-0.2, 0) is 6.42 Å². The molecule has 5 rings (SSSR count). The minimum atomic E-state index is -0.356. The van der Waals surface area contributed by atoms with Crippen molar-refractivity contribution in [1.82, 2.24) is 5.32 Å². The minimum absolute atomic E-state index is 0.202. The number of para-hydroxylation sites is 1. The fraction of sp³-hybridized carbons (Fsp3) is 0.100. The molecule has 0 radical (unpaired) electrons. The van der Waals surface area contributed by atoms with E-state index in [1.165, 1.54) is 4.90 Å². The highest BCUT2D eigenvalue weighted by Crippen LogP contribution is 2.39. The summed E-state index contributed by atoms with van der Waals surface area (Å²) in [5.41, 5.74) is 5.02. The number of imide groups is 1. The number of amides is 3. The van der Waals surface area contributed by atoms with E-state index in [0.717, 1.165) is 17.5 Å². The lowest BCUT2D eigenvalue weighted by molar-refractivity contribution is 0.0922. The SMILES string of the molecule is Cc1cccc(-c2ccccc2C(=O)NCCc2ccccc2)c1N1C(=O)c2ccccc2C1=O. The number of nitrogens with zero attached hydrogens (tertiary/aromatic N) is 1. The maximum atomic E-state index is 13.3. The maximum absolute atomic E-state index is 13.3. The Morgan fingerprint density at radius 3 is 1.94 bits per heavy atom. The first-order valence-corrected chi connectivity index (χ1v) is 11.5. The summed E-state index contributed by atoms with van der Waals surface area (Å²) in [5.74, 6) is -0.914. The molecule has 0 unspecified atom stereocenters. The predicted octanol–water partition coefficient (Wildman–Crippen LogP) is 5.44. The Bertz CT molecular complexity index is 1410. The van der Waals surface area contributed by atoms with E-state index >= 15 is 0 Å². The Morgan fingerprint density at radius 2 is 1.26 bits per heavy atom. The maximum Gasteiger partial charge on any atom is 0.266 e. The first-order valence-electron chi connectivity index (χ1n) is 11.5. The van der Waals surface area contributed by atoms with E-state index < -0.39 is 0 Å². The largest absolute Gasteiger partial charge is 0.352 e. The van der Waals surface area contributed by atoms with Gasteiger partial charge in [-0.1, -0.05) is 78.9 Å². The predicted molar refractivity (Wildman–Crippen MR) is 137 cm³/mol. The highest BCUT2D eigenvalue weighted by molar-refractivity contribution is 6.35. The van der Waals surface area contributed by atoms with E-state index in [-0.39, 0.29) is 17.7 Å². The van der Waals surface area contributed by atoms with Crippen LogP contribution in [0.2, 0.25) is 0 Å². The Morgan fingerprint density at radius 1 is 0.686 bits per heavy atom. The molecule has 0 spiro atoms. The molecule has 35 heavy (non-hydrogen) atoms. The van der Waals surface area contributed by atoms with Crippen LogP contribution >= 0.6 is 0 Å². The van der Waals surface area contributed by atoms with Gasteiger partial charge in [0.25, 0.3) is 17.7 Å². The lowest BCUT2D eigenvalue weighted by atomic mass is 9.95. The van der Waals surface area contributed by atoms with Gasteiger partial charge in [-0.15, -0.1) is 0 Å². The summed E-state index contributed by atoms with van der Waals surface area (Å²) >= 11 is 0. The third-order valence-corrected chi connectivity index (χ3v) is 6.26. The molecule has 1 aliphatic rings. The van der Waals surface area contributed by atoms with Gasteiger partial charge in [0, 0.05) is 17.7 Å². The molecule has 172 valence electrons. The van der Waals surface area contributed by atoms with E-state index in [9.17, 15) is 14.4 Å². The van der Waals surface area contributed by atoms with Crippen molar-refractivity contribution in [1.29, 1.82) is 0 Å².